The molecule has 1 aromatic heterocycles. The van der Waals surface area contributed by atoms with Crippen LogP contribution in [0.1, 0.15) is 17.4 Å². The van der Waals surface area contributed by atoms with Gasteiger partial charge in [-0.25, -0.2) is 4.79 Å². The van der Waals surface area contributed by atoms with Crippen LogP contribution < -0.4 is 0 Å². The van der Waals surface area contributed by atoms with Crippen molar-refractivity contribution in [1.29, 1.82) is 0 Å². The molecule has 0 bridgehead atoms. The van der Waals surface area contributed by atoms with E-state index in [1.807, 2.05) is 12.1 Å². The largest absolute Gasteiger partial charge is 0.478 e. The van der Waals surface area contributed by atoms with Gasteiger partial charge in [-0.1, -0.05) is 31.2 Å². The lowest BCUT2D eigenvalue weighted by Crippen LogP contribution is -1.84. The van der Waals surface area contributed by atoms with Crippen molar-refractivity contribution in [2.45, 2.75) is 13.3 Å². The highest BCUT2D eigenvalue weighted by atomic mass is 32.1. The van der Waals surface area contributed by atoms with Gasteiger partial charge in [0.25, 0.3) is 0 Å². The molecule has 0 aliphatic carbocycles. The van der Waals surface area contributed by atoms with Gasteiger partial charge in [-0.15, -0.1) is 11.3 Å². The van der Waals surface area contributed by atoms with Crippen LogP contribution in [0, 0.1) is 0 Å². The number of carboxylic acid groups (broad SMARTS) is 1. The van der Waals surface area contributed by atoms with E-state index in [9.17, 15) is 4.79 Å². The van der Waals surface area contributed by atoms with E-state index >= 15 is 0 Å². The summed E-state index contributed by atoms with van der Waals surface area (Å²) in [4.78, 5) is 12.6. The summed E-state index contributed by atoms with van der Waals surface area (Å²) in [5.41, 5.74) is 2.50. The fourth-order valence-corrected chi connectivity index (χ4v) is 2.60. The van der Waals surface area contributed by atoms with Crippen LogP contribution in [0.15, 0.2) is 42.5 Å². The van der Waals surface area contributed by atoms with Crippen LogP contribution in [0.4, 0.5) is 0 Å². The van der Waals surface area contributed by atoms with E-state index < -0.39 is 5.97 Å². The molecule has 0 atom stereocenters. The number of rotatable bonds is 4. The quantitative estimate of drug-likeness (QED) is 0.839. The zero-order valence-corrected chi connectivity index (χ0v) is 10.9. The second-order valence-corrected chi connectivity index (χ2v) is 5.04. The Bertz CT molecular complexity index is 582. The molecule has 0 saturated heterocycles. The number of hydrogen-bond donors (Lipinski definition) is 1. The number of thiophene rings is 1. The van der Waals surface area contributed by atoms with E-state index in [0.29, 0.717) is 0 Å². The Morgan fingerprint density at radius 3 is 2.89 bits per heavy atom. The van der Waals surface area contributed by atoms with Crippen molar-refractivity contribution >= 4 is 23.4 Å². The van der Waals surface area contributed by atoms with E-state index in [1.165, 1.54) is 11.1 Å². The van der Waals surface area contributed by atoms with Crippen LogP contribution in [0.3, 0.4) is 0 Å². The van der Waals surface area contributed by atoms with Crippen molar-refractivity contribution in [1.82, 2.24) is 0 Å². The van der Waals surface area contributed by atoms with Crippen molar-refractivity contribution in [2.24, 2.45) is 0 Å². The molecule has 1 heterocycles. The molecule has 0 aliphatic heterocycles. The van der Waals surface area contributed by atoms with Gasteiger partial charge < -0.3 is 5.11 Å². The Morgan fingerprint density at radius 2 is 2.17 bits per heavy atom. The smallest absolute Gasteiger partial charge is 0.328 e. The third-order valence-electron chi connectivity index (χ3n) is 2.64. The first-order chi connectivity index (χ1) is 8.69. The average Bonchev–Trinajstić information content (AvgIpc) is 2.85. The average molecular weight is 258 g/mol. The molecule has 0 saturated carbocycles. The molecule has 1 aromatic carbocycles. The fourth-order valence-electron chi connectivity index (χ4n) is 1.70. The summed E-state index contributed by atoms with van der Waals surface area (Å²) < 4.78 is 0. The predicted molar refractivity (Wildman–Crippen MR) is 75.8 cm³/mol. The van der Waals surface area contributed by atoms with Crippen LogP contribution in [-0.4, -0.2) is 11.1 Å². The first-order valence-corrected chi connectivity index (χ1v) is 6.61. The van der Waals surface area contributed by atoms with Gasteiger partial charge in [0.05, 0.1) is 0 Å². The Hall–Kier alpha value is -1.87. The minimum absolute atomic E-state index is 0.919. The van der Waals surface area contributed by atoms with Crippen molar-refractivity contribution in [2.75, 3.05) is 0 Å². The van der Waals surface area contributed by atoms with Gasteiger partial charge in [-0.05, 0) is 35.8 Å². The predicted octanol–water partition coefficient (Wildman–Crippen LogP) is 4.08. The molecule has 1 N–H and O–H groups in total. The summed E-state index contributed by atoms with van der Waals surface area (Å²) in [6.45, 7) is 2.13. The van der Waals surface area contributed by atoms with E-state index in [1.54, 1.807) is 17.4 Å². The Kier molecular flexibility index (Phi) is 3.95. The summed E-state index contributed by atoms with van der Waals surface area (Å²) >= 11 is 1.60. The van der Waals surface area contributed by atoms with Gasteiger partial charge in [0.2, 0.25) is 0 Å². The third-order valence-corrected chi connectivity index (χ3v) is 3.74. The third kappa shape index (κ3) is 3.08. The number of carbonyl (C=O) groups is 1. The molecular weight excluding hydrogens is 244 g/mol. The van der Waals surface area contributed by atoms with Gasteiger partial charge >= 0.3 is 5.97 Å². The highest BCUT2D eigenvalue weighted by Gasteiger charge is 2.02. The highest BCUT2D eigenvalue weighted by molar-refractivity contribution is 7.16. The SMILES string of the molecule is CCc1cccc(-c2ccc(/C=C/C(=O)O)s2)c1. The molecule has 2 aromatic rings. The number of carboxylic acids is 1. The topological polar surface area (TPSA) is 37.3 Å². The summed E-state index contributed by atoms with van der Waals surface area (Å²) in [6.07, 6.45) is 3.81. The molecule has 0 spiro atoms. The second-order valence-electron chi connectivity index (χ2n) is 3.93. The Balaban J connectivity index is 2.26. The maximum atomic E-state index is 10.5. The van der Waals surface area contributed by atoms with Crippen molar-refractivity contribution in [3.05, 3.63) is 52.9 Å². The van der Waals surface area contributed by atoms with E-state index in [2.05, 4.69) is 31.2 Å². The lowest BCUT2D eigenvalue weighted by molar-refractivity contribution is -0.131. The van der Waals surface area contributed by atoms with Crippen LogP contribution in [0.25, 0.3) is 16.5 Å². The van der Waals surface area contributed by atoms with Gasteiger partial charge in [-0.2, -0.15) is 0 Å². The number of hydrogen-bond acceptors (Lipinski definition) is 2. The molecular formula is C15H14O2S. The monoisotopic (exact) mass is 258 g/mol. The minimum Gasteiger partial charge on any atom is -0.478 e. The molecule has 2 nitrogen and oxygen atoms in total. The first-order valence-electron chi connectivity index (χ1n) is 5.79. The molecule has 0 unspecified atom stereocenters. The second kappa shape index (κ2) is 5.65. The highest BCUT2D eigenvalue weighted by Crippen LogP contribution is 2.29. The van der Waals surface area contributed by atoms with E-state index in [-0.39, 0.29) is 0 Å². The van der Waals surface area contributed by atoms with Gasteiger partial charge in [0.15, 0.2) is 0 Å². The molecule has 0 radical (unpaired) electrons. The number of aryl methyl sites for hydroxylation is 1. The molecule has 18 heavy (non-hydrogen) atoms. The molecule has 0 aliphatic rings. The van der Waals surface area contributed by atoms with E-state index in [0.717, 1.165) is 22.3 Å². The van der Waals surface area contributed by atoms with Crippen molar-refractivity contribution < 1.29 is 9.90 Å². The number of aliphatic carboxylic acids is 1. The van der Waals surface area contributed by atoms with Crippen LogP contribution in [0.2, 0.25) is 0 Å². The van der Waals surface area contributed by atoms with Crippen molar-refractivity contribution in [3.8, 4) is 10.4 Å². The Labute approximate surface area is 110 Å². The summed E-state index contributed by atoms with van der Waals surface area (Å²) in [5.74, 6) is -0.919. The van der Waals surface area contributed by atoms with Gasteiger partial charge in [0.1, 0.15) is 0 Å². The van der Waals surface area contributed by atoms with Crippen LogP contribution in [-0.2, 0) is 11.2 Å². The summed E-state index contributed by atoms with van der Waals surface area (Å²) in [7, 11) is 0. The maximum absolute atomic E-state index is 10.5. The molecule has 0 fully saturated rings. The standard InChI is InChI=1S/C15H14O2S/c1-2-11-4-3-5-12(10-11)14-8-6-13(18-14)7-9-15(16)17/h3-10H,2H2,1H3,(H,16,17)/b9-7+. The fraction of sp³-hybridized carbons (Fsp3) is 0.133. The van der Waals surface area contributed by atoms with E-state index in [4.69, 9.17) is 5.11 Å². The lowest BCUT2D eigenvalue weighted by Gasteiger charge is -2.00. The van der Waals surface area contributed by atoms with Crippen LogP contribution >= 0.6 is 11.3 Å². The lowest BCUT2D eigenvalue weighted by atomic mass is 10.1. The van der Waals surface area contributed by atoms with Crippen molar-refractivity contribution in [3.63, 3.8) is 0 Å². The molecule has 92 valence electrons. The maximum Gasteiger partial charge on any atom is 0.328 e. The minimum atomic E-state index is -0.919. The normalized spacial score (nSPS) is 10.9. The molecule has 0 amide bonds. The number of benzene rings is 1. The zero-order chi connectivity index (χ0) is 13.0. The summed E-state index contributed by atoms with van der Waals surface area (Å²) in [6, 6.07) is 12.4. The summed E-state index contributed by atoms with van der Waals surface area (Å²) in [5, 5.41) is 8.58. The Morgan fingerprint density at radius 1 is 1.33 bits per heavy atom. The van der Waals surface area contributed by atoms with Gasteiger partial charge in [0, 0.05) is 15.8 Å². The molecule has 3 heteroatoms. The zero-order valence-electron chi connectivity index (χ0n) is 10.1. The first kappa shape index (κ1) is 12.6. The van der Waals surface area contributed by atoms with Gasteiger partial charge in [-0.3, -0.25) is 0 Å². The molecule has 2 rings (SSSR count). The van der Waals surface area contributed by atoms with Crippen LogP contribution in [0.5, 0.6) is 0 Å².